The fourth-order valence-corrected chi connectivity index (χ4v) is 2.09. The lowest BCUT2D eigenvalue weighted by Gasteiger charge is -2.15. The van der Waals surface area contributed by atoms with Crippen LogP contribution in [0.4, 0.5) is 0 Å². The van der Waals surface area contributed by atoms with Gasteiger partial charge in [-0.3, -0.25) is 4.79 Å². The molecule has 0 spiro atoms. The van der Waals surface area contributed by atoms with Gasteiger partial charge < -0.3 is 10.6 Å². The van der Waals surface area contributed by atoms with Crippen molar-refractivity contribution >= 4 is 5.91 Å². The predicted molar refractivity (Wildman–Crippen MR) is 62.7 cm³/mol. The van der Waals surface area contributed by atoms with Crippen molar-refractivity contribution in [2.75, 3.05) is 13.1 Å². The van der Waals surface area contributed by atoms with E-state index in [-0.39, 0.29) is 5.91 Å². The molecule has 0 aliphatic carbocycles. The van der Waals surface area contributed by atoms with Gasteiger partial charge in [0.05, 0.1) is 0 Å². The van der Waals surface area contributed by atoms with Crippen molar-refractivity contribution in [3.05, 3.63) is 0 Å². The van der Waals surface area contributed by atoms with Crippen molar-refractivity contribution in [2.45, 2.75) is 52.0 Å². The lowest BCUT2D eigenvalue weighted by molar-refractivity contribution is -0.122. The quantitative estimate of drug-likeness (QED) is 0.703. The average molecular weight is 212 g/mol. The Hall–Kier alpha value is -0.570. The first kappa shape index (κ1) is 12.5. The van der Waals surface area contributed by atoms with Gasteiger partial charge in [-0.1, -0.05) is 13.8 Å². The van der Waals surface area contributed by atoms with Crippen LogP contribution in [-0.2, 0) is 4.79 Å². The van der Waals surface area contributed by atoms with E-state index in [4.69, 9.17) is 0 Å². The van der Waals surface area contributed by atoms with Gasteiger partial charge in [-0.05, 0) is 44.7 Å². The number of amides is 1. The summed E-state index contributed by atoms with van der Waals surface area (Å²) in [6, 6.07) is 0.374. The molecule has 1 unspecified atom stereocenters. The second-order valence-corrected chi connectivity index (χ2v) is 4.48. The zero-order chi connectivity index (χ0) is 11.1. The largest absolute Gasteiger partial charge is 0.353 e. The Labute approximate surface area is 93.0 Å². The zero-order valence-electron chi connectivity index (χ0n) is 10.0. The highest BCUT2D eigenvalue weighted by molar-refractivity contribution is 5.76. The molecule has 3 heteroatoms. The fraction of sp³-hybridized carbons (Fsp3) is 0.917. The first-order valence-electron chi connectivity index (χ1n) is 6.26. The monoisotopic (exact) mass is 212 g/mol. The third-order valence-corrected chi connectivity index (χ3v) is 3.29. The standard InChI is InChI=1S/C12H24N2O/c1-3-11(4-2)14-12(15)6-5-10-7-8-13-9-10/h10-11,13H,3-9H2,1-2H3,(H,14,15). The van der Waals surface area contributed by atoms with Gasteiger partial charge in [0, 0.05) is 12.5 Å². The van der Waals surface area contributed by atoms with Crippen LogP contribution in [0.1, 0.15) is 46.0 Å². The molecule has 0 aromatic carbocycles. The molecule has 0 aromatic heterocycles. The number of rotatable bonds is 6. The van der Waals surface area contributed by atoms with E-state index in [2.05, 4.69) is 24.5 Å². The second-order valence-electron chi connectivity index (χ2n) is 4.48. The van der Waals surface area contributed by atoms with Gasteiger partial charge in [0.25, 0.3) is 0 Å². The molecule has 1 saturated heterocycles. The highest BCUT2D eigenvalue weighted by Crippen LogP contribution is 2.14. The third kappa shape index (κ3) is 4.65. The molecule has 1 aliphatic heterocycles. The topological polar surface area (TPSA) is 41.1 Å². The summed E-state index contributed by atoms with van der Waals surface area (Å²) in [5, 5.41) is 6.41. The van der Waals surface area contributed by atoms with Gasteiger partial charge in [0.2, 0.25) is 5.91 Å². The summed E-state index contributed by atoms with van der Waals surface area (Å²) >= 11 is 0. The Kier molecular flexibility index (Phi) is 5.69. The lowest BCUT2D eigenvalue weighted by Crippen LogP contribution is -2.33. The number of hydrogen-bond acceptors (Lipinski definition) is 2. The smallest absolute Gasteiger partial charge is 0.220 e. The van der Waals surface area contributed by atoms with Crippen LogP contribution in [-0.4, -0.2) is 25.0 Å². The van der Waals surface area contributed by atoms with Crippen LogP contribution in [0.25, 0.3) is 0 Å². The molecule has 0 radical (unpaired) electrons. The summed E-state index contributed by atoms with van der Waals surface area (Å²) in [4.78, 5) is 11.6. The Morgan fingerprint density at radius 2 is 2.20 bits per heavy atom. The van der Waals surface area contributed by atoms with Crippen LogP contribution in [0.3, 0.4) is 0 Å². The maximum Gasteiger partial charge on any atom is 0.220 e. The summed E-state index contributed by atoms with van der Waals surface area (Å²) in [7, 11) is 0. The molecular weight excluding hydrogens is 188 g/mol. The summed E-state index contributed by atoms with van der Waals surface area (Å²) in [6.07, 6.45) is 5.04. The molecule has 1 amide bonds. The van der Waals surface area contributed by atoms with Gasteiger partial charge in [-0.25, -0.2) is 0 Å². The van der Waals surface area contributed by atoms with E-state index in [1.807, 2.05) is 0 Å². The minimum Gasteiger partial charge on any atom is -0.353 e. The van der Waals surface area contributed by atoms with Crippen molar-refractivity contribution in [3.8, 4) is 0 Å². The molecule has 1 rings (SSSR count). The molecule has 1 atom stereocenters. The van der Waals surface area contributed by atoms with Crippen LogP contribution >= 0.6 is 0 Å². The second kappa shape index (κ2) is 6.83. The van der Waals surface area contributed by atoms with Crippen molar-refractivity contribution in [1.82, 2.24) is 10.6 Å². The summed E-state index contributed by atoms with van der Waals surface area (Å²) in [5.74, 6) is 0.952. The van der Waals surface area contributed by atoms with Gasteiger partial charge >= 0.3 is 0 Å². The van der Waals surface area contributed by atoms with E-state index >= 15 is 0 Å². The van der Waals surface area contributed by atoms with Crippen molar-refractivity contribution in [1.29, 1.82) is 0 Å². The minimum atomic E-state index is 0.232. The molecule has 0 aromatic rings. The maximum atomic E-state index is 11.6. The van der Waals surface area contributed by atoms with Gasteiger partial charge in [0.1, 0.15) is 0 Å². The highest BCUT2D eigenvalue weighted by atomic mass is 16.1. The highest BCUT2D eigenvalue weighted by Gasteiger charge is 2.16. The first-order valence-corrected chi connectivity index (χ1v) is 6.26. The molecular formula is C12H24N2O. The van der Waals surface area contributed by atoms with Crippen molar-refractivity contribution in [3.63, 3.8) is 0 Å². The Balaban J connectivity index is 2.11. The van der Waals surface area contributed by atoms with Crippen LogP contribution in [0, 0.1) is 5.92 Å². The average Bonchev–Trinajstić information content (AvgIpc) is 2.75. The number of hydrogen-bond donors (Lipinski definition) is 2. The predicted octanol–water partition coefficient (Wildman–Crippen LogP) is 1.68. The lowest BCUT2D eigenvalue weighted by atomic mass is 10.0. The third-order valence-electron chi connectivity index (χ3n) is 3.29. The first-order chi connectivity index (χ1) is 7.26. The molecule has 2 N–H and O–H groups in total. The molecule has 1 fully saturated rings. The summed E-state index contributed by atoms with van der Waals surface area (Å²) in [5.41, 5.74) is 0. The van der Waals surface area contributed by atoms with E-state index in [1.54, 1.807) is 0 Å². The van der Waals surface area contributed by atoms with Gasteiger partial charge in [-0.15, -0.1) is 0 Å². The van der Waals surface area contributed by atoms with E-state index in [1.165, 1.54) is 6.42 Å². The van der Waals surface area contributed by atoms with E-state index in [9.17, 15) is 4.79 Å². The Morgan fingerprint density at radius 3 is 2.73 bits per heavy atom. The van der Waals surface area contributed by atoms with Crippen LogP contribution < -0.4 is 10.6 Å². The summed E-state index contributed by atoms with van der Waals surface area (Å²) in [6.45, 7) is 6.46. The maximum absolute atomic E-state index is 11.6. The van der Waals surface area contributed by atoms with E-state index < -0.39 is 0 Å². The molecule has 0 bridgehead atoms. The fourth-order valence-electron chi connectivity index (χ4n) is 2.09. The summed E-state index contributed by atoms with van der Waals surface area (Å²) < 4.78 is 0. The molecule has 88 valence electrons. The minimum absolute atomic E-state index is 0.232. The van der Waals surface area contributed by atoms with Crippen molar-refractivity contribution in [2.24, 2.45) is 5.92 Å². The van der Waals surface area contributed by atoms with Crippen LogP contribution in [0.2, 0.25) is 0 Å². The number of carbonyl (C=O) groups excluding carboxylic acids is 1. The molecule has 1 heterocycles. The molecule has 3 nitrogen and oxygen atoms in total. The molecule has 1 aliphatic rings. The zero-order valence-corrected chi connectivity index (χ0v) is 10.0. The normalized spacial score (nSPS) is 20.9. The number of nitrogens with one attached hydrogen (secondary N) is 2. The molecule has 15 heavy (non-hydrogen) atoms. The van der Waals surface area contributed by atoms with Gasteiger partial charge in [0.15, 0.2) is 0 Å². The van der Waals surface area contributed by atoms with E-state index in [0.717, 1.165) is 38.3 Å². The van der Waals surface area contributed by atoms with Crippen LogP contribution in [0.5, 0.6) is 0 Å². The van der Waals surface area contributed by atoms with Crippen molar-refractivity contribution < 1.29 is 4.79 Å². The Morgan fingerprint density at radius 1 is 1.47 bits per heavy atom. The Bertz CT molecular complexity index is 184. The molecule has 0 saturated carbocycles. The van der Waals surface area contributed by atoms with Crippen LogP contribution in [0.15, 0.2) is 0 Å². The van der Waals surface area contributed by atoms with E-state index in [0.29, 0.717) is 12.5 Å². The SMILES string of the molecule is CCC(CC)NC(=O)CCC1CCNC1. The van der Waals surface area contributed by atoms with Gasteiger partial charge in [-0.2, -0.15) is 0 Å². The number of carbonyl (C=O) groups is 1.